The van der Waals surface area contributed by atoms with Crippen LogP contribution in [-0.2, 0) is 4.79 Å². The van der Waals surface area contributed by atoms with E-state index in [1.165, 1.54) is 11.1 Å². The molecule has 1 N–H and O–H groups in total. The van der Waals surface area contributed by atoms with E-state index in [1.54, 1.807) is 12.1 Å². The standard InChI is InChI=1S/C12H16N2O3/c1-3-6-14(8-11(15)16)12(17)10-5-4-9(2)13-7-10/h4-5,7H,3,6,8H2,1-2H3,(H,15,16). The second-order valence-electron chi connectivity index (χ2n) is 3.81. The molecule has 1 aromatic heterocycles. The lowest BCUT2D eigenvalue weighted by molar-refractivity contribution is -0.137. The number of aromatic nitrogens is 1. The van der Waals surface area contributed by atoms with Crippen LogP contribution in [0, 0.1) is 6.92 Å². The number of carboxylic acids is 1. The number of rotatable bonds is 5. The zero-order valence-electron chi connectivity index (χ0n) is 10.0. The molecule has 0 saturated carbocycles. The average Bonchev–Trinajstić information content (AvgIpc) is 2.28. The van der Waals surface area contributed by atoms with Crippen molar-refractivity contribution < 1.29 is 14.7 Å². The molecule has 0 aliphatic rings. The minimum atomic E-state index is -1.01. The highest BCUT2D eigenvalue weighted by Gasteiger charge is 2.17. The number of carbonyl (C=O) groups is 2. The number of amides is 1. The Morgan fingerprint density at radius 2 is 2.12 bits per heavy atom. The van der Waals surface area contributed by atoms with Gasteiger partial charge >= 0.3 is 5.97 Å². The molecule has 17 heavy (non-hydrogen) atoms. The van der Waals surface area contributed by atoms with Crippen molar-refractivity contribution in [3.8, 4) is 0 Å². The fourth-order valence-electron chi connectivity index (χ4n) is 1.46. The lowest BCUT2D eigenvalue weighted by atomic mass is 10.2. The number of hydrogen-bond acceptors (Lipinski definition) is 3. The van der Waals surface area contributed by atoms with Gasteiger partial charge in [0.15, 0.2) is 0 Å². The third-order valence-corrected chi connectivity index (χ3v) is 2.27. The monoisotopic (exact) mass is 236 g/mol. The lowest BCUT2D eigenvalue weighted by Gasteiger charge is -2.19. The van der Waals surface area contributed by atoms with Gasteiger partial charge < -0.3 is 10.0 Å². The predicted octanol–water partition coefficient (Wildman–Crippen LogP) is 1.33. The maximum absolute atomic E-state index is 12.0. The summed E-state index contributed by atoms with van der Waals surface area (Å²) in [4.78, 5) is 28.0. The van der Waals surface area contributed by atoms with Crippen LogP contribution in [0.25, 0.3) is 0 Å². The van der Waals surface area contributed by atoms with E-state index in [0.717, 1.165) is 12.1 Å². The van der Waals surface area contributed by atoms with Gasteiger partial charge in [-0.1, -0.05) is 6.92 Å². The number of pyridine rings is 1. The molecule has 1 heterocycles. The highest BCUT2D eigenvalue weighted by Crippen LogP contribution is 2.05. The van der Waals surface area contributed by atoms with E-state index in [4.69, 9.17) is 5.11 Å². The molecule has 0 spiro atoms. The van der Waals surface area contributed by atoms with Crippen LogP contribution in [0.3, 0.4) is 0 Å². The second-order valence-corrected chi connectivity index (χ2v) is 3.81. The molecule has 0 aliphatic heterocycles. The van der Waals surface area contributed by atoms with Crippen molar-refractivity contribution >= 4 is 11.9 Å². The van der Waals surface area contributed by atoms with Gasteiger partial charge in [-0.05, 0) is 25.5 Å². The number of hydrogen-bond donors (Lipinski definition) is 1. The normalized spacial score (nSPS) is 10.0. The Balaban J connectivity index is 2.83. The van der Waals surface area contributed by atoms with Crippen molar-refractivity contribution in [1.82, 2.24) is 9.88 Å². The van der Waals surface area contributed by atoms with Gasteiger partial charge in [-0.15, -0.1) is 0 Å². The molecule has 92 valence electrons. The van der Waals surface area contributed by atoms with E-state index in [1.807, 2.05) is 13.8 Å². The summed E-state index contributed by atoms with van der Waals surface area (Å²) in [6.45, 7) is 3.88. The molecule has 0 unspecified atom stereocenters. The highest BCUT2D eigenvalue weighted by atomic mass is 16.4. The molecule has 5 heteroatoms. The van der Waals surface area contributed by atoms with Crippen LogP contribution < -0.4 is 0 Å². The minimum absolute atomic E-state index is 0.277. The van der Waals surface area contributed by atoms with E-state index in [9.17, 15) is 9.59 Å². The molecule has 0 bridgehead atoms. The van der Waals surface area contributed by atoms with Crippen LogP contribution in [0.4, 0.5) is 0 Å². The third-order valence-electron chi connectivity index (χ3n) is 2.27. The van der Waals surface area contributed by atoms with Crippen LogP contribution in [-0.4, -0.2) is 40.0 Å². The first-order valence-corrected chi connectivity index (χ1v) is 5.48. The fraction of sp³-hybridized carbons (Fsp3) is 0.417. The summed E-state index contributed by atoms with van der Waals surface area (Å²) in [5.74, 6) is -1.30. The quantitative estimate of drug-likeness (QED) is 0.837. The summed E-state index contributed by atoms with van der Waals surface area (Å²) in [6, 6.07) is 3.40. The Bertz CT molecular complexity index is 401. The van der Waals surface area contributed by atoms with Crippen LogP contribution in [0.2, 0.25) is 0 Å². The van der Waals surface area contributed by atoms with Gasteiger partial charge in [-0.2, -0.15) is 0 Å². The summed E-state index contributed by atoms with van der Waals surface area (Å²) < 4.78 is 0. The van der Waals surface area contributed by atoms with Crippen LogP contribution in [0.5, 0.6) is 0 Å². The molecule has 1 aromatic rings. The first-order valence-electron chi connectivity index (χ1n) is 5.48. The maximum Gasteiger partial charge on any atom is 0.323 e. The molecular formula is C12H16N2O3. The fourth-order valence-corrected chi connectivity index (χ4v) is 1.46. The molecule has 0 saturated heterocycles. The molecule has 1 rings (SSSR count). The van der Waals surface area contributed by atoms with Gasteiger partial charge in [-0.25, -0.2) is 0 Å². The Kier molecular flexibility index (Phi) is 4.63. The molecule has 5 nitrogen and oxygen atoms in total. The molecule has 1 amide bonds. The number of aryl methyl sites for hydroxylation is 1. The second kappa shape index (κ2) is 5.98. The summed E-state index contributed by atoms with van der Waals surface area (Å²) >= 11 is 0. The number of aliphatic carboxylic acids is 1. The minimum Gasteiger partial charge on any atom is -0.480 e. The van der Waals surface area contributed by atoms with Crippen molar-refractivity contribution in [2.75, 3.05) is 13.1 Å². The molecule has 0 aliphatic carbocycles. The van der Waals surface area contributed by atoms with Crippen molar-refractivity contribution in [1.29, 1.82) is 0 Å². The molecule has 0 fully saturated rings. The summed E-state index contributed by atoms with van der Waals surface area (Å²) in [7, 11) is 0. The van der Waals surface area contributed by atoms with Crippen molar-refractivity contribution in [2.45, 2.75) is 20.3 Å². The largest absolute Gasteiger partial charge is 0.480 e. The van der Waals surface area contributed by atoms with Crippen molar-refractivity contribution in [2.24, 2.45) is 0 Å². The van der Waals surface area contributed by atoms with Crippen molar-refractivity contribution in [3.05, 3.63) is 29.6 Å². The Morgan fingerprint density at radius 3 is 2.59 bits per heavy atom. The van der Waals surface area contributed by atoms with E-state index >= 15 is 0 Å². The Hall–Kier alpha value is -1.91. The topological polar surface area (TPSA) is 70.5 Å². The molecule has 0 aromatic carbocycles. The SMILES string of the molecule is CCCN(CC(=O)O)C(=O)c1ccc(C)nc1. The first-order chi connectivity index (χ1) is 8.04. The van der Waals surface area contributed by atoms with E-state index in [-0.39, 0.29) is 12.5 Å². The number of nitrogens with zero attached hydrogens (tertiary/aromatic N) is 2. The highest BCUT2D eigenvalue weighted by molar-refractivity contribution is 5.95. The Labute approximate surface area is 100 Å². The third kappa shape index (κ3) is 3.86. The lowest BCUT2D eigenvalue weighted by Crippen LogP contribution is -2.36. The van der Waals surface area contributed by atoms with Crippen LogP contribution >= 0.6 is 0 Å². The average molecular weight is 236 g/mol. The summed E-state index contributed by atoms with van der Waals surface area (Å²) in [6.07, 6.45) is 2.19. The van der Waals surface area contributed by atoms with E-state index in [2.05, 4.69) is 4.98 Å². The number of carbonyl (C=O) groups excluding carboxylic acids is 1. The zero-order valence-corrected chi connectivity index (χ0v) is 10.0. The van der Waals surface area contributed by atoms with Crippen LogP contribution in [0.1, 0.15) is 29.4 Å². The van der Waals surface area contributed by atoms with Crippen LogP contribution in [0.15, 0.2) is 18.3 Å². The van der Waals surface area contributed by atoms with Gasteiger partial charge in [0.1, 0.15) is 6.54 Å². The maximum atomic E-state index is 12.0. The molecule has 0 radical (unpaired) electrons. The predicted molar refractivity (Wildman–Crippen MR) is 62.8 cm³/mol. The number of carboxylic acid groups (broad SMARTS) is 1. The Morgan fingerprint density at radius 1 is 1.41 bits per heavy atom. The van der Waals surface area contributed by atoms with E-state index in [0.29, 0.717) is 12.1 Å². The smallest absolute Gasteiger partial charge is 0.323 e. The summed E-state index contributed by atoms with van der Waals surface area (Å²) in [5.41, 5.74) is 1.24. The van der Waals surface area contributed by atoms with E-state index < -0.39 is 5.97 Å². The summed E-state index contributed by atoms with van der Waals surface area (Å²) in [5, 5.41) is 8.74. The van der Waals surface area contributed by atoms with Crippen molar-refractivity contribution in [3.63, 3.8) is 0 Å². The van der Waals surface area contributed by atoms with Gasteiger partial charge in [0.25, 0.3) is 5.91 Å². The molecular weight excluding hydrogens is 220 g/mol. The van der Waals surface area contributed by atoms with Gasteiger partial charge in [-0.3, -0.25) is 14.6 Å². The zero-order chi connectivity index (χ0) is 12.8. The van der Waals surface area contributed by atoms with Gasteiger partial charge in [0, 0.05) is 18.4 Å². The first kappa shape index (κ1) is 13.2. The van der Waals surface area contributed by atoms with Gasteiger partial charge in [0.2, 0.25) is 0 Å². The van der Waals surface area contributed by atoms with Gasteiger partial charge in [0.05, 0.1) is 5.56 Å². The molecule has 0 atom stereocenters.